The van der Waals surface area contributed by atoms with Crippen molar-refractivity contribution in [2.45, 2.75) is 63.8 Å². The molecular formula is C21H26N4O4S. The van der Waals surface area contributed by atoms with Crippen LogP contribution in [-0.2, 0) is 4.79 Å². The average Bonchev–Trinajstić information content (AvgIpc) is 3.35. The van der Waals surface area contributed by atoms with Crippen molar-refractivity contribution in [2.75, 3.05) is 11.6 Å². The Balaban J connectivity index is 1.52. The van der Waals surface area contributed by atoms with E-state index < -0.39 is 5.91 Å². The summed E-state index contributed by atoms with van der Waals surface area (Å²) in [6.07, 6.45) is 10.7. The predicted molar refractivity (Wildman–Crippen MR) is 115 cm³/mol. The molecule has 2 fully saturated rings. The van der Waals surface area contributed by atoms with Crippen molar-refractivity contribution in [2.24, 2.45) is 10.6 Å². The van der Waals surface area contributed by atoms with Crippen LogP contribution in [0, 0.1) is 15.7 Å². The number of nitrogens with one attached hydrogen (secondary N) is 1. The molecule has 0 unspecified atom stereocenters. The molecule has 0 bridgehead atoms. The third-order valence-electron chi connectivity index (χ3n) is 6.71. The lowest BCUT2D eigenvalue weighted by atomic mass is 9.72. The minimum Gasteiger partial charge on any atom is -0.303 e. The van der Waals surface area contributed by atoms with Gasteiger partial charge in [0.2, 0.25) is 5.91 Å². The van der Waals surface area contributed by atoms with Crippen molar-refractivity contribution in [1.82, 2.24) is 4.90 Å². The molecule has 2 N–H and O–H groups in total. The molecule has 0 aromatic carbocycles. The first-order chi connectivity index (χ1) is 14.5. The van der Waals surface area contributed by atoms with E-state index in [1.165, 1.54) is 16.2 Å². The van der Waals surface area contributed by atoms with Crippen LogP contribution in [0.15, 0.2) is 17.3 Å². The molecule has 1 spiro atoms. The molecule has 4 rings (SSSR count). The summed E-state index contributed by atoms with van der Waals surface area (Å²) in [6, 6.07) is 1.61. The van der Waals surface area contributed by atoms with E-state index in [0.717, 1.165) is 60.4 Å². The molecule has 0 atom stereocenters. The van der Waals surface area contributed by atoms with E-state index in [-0.39, 0.29) is 22.2 Å². The molecule has 8 nitrogen and oxygen atoms in total. The largest absolute Gasteiger partial charge is 0.328 e. The van der Waals surface area contributed by atoms with Crippen molar-refractivity contribution in [1.29, 1.82) is 5.41 Å². The van der Waals surface area contributed by atoms with Crippen LogP contribution in [-0.4, -0.2) is 40.8 Å². The zero-order valence-electron chi connectivity index (χ0n) is 16.8. The van der Waals surface area contributed by atoms with Gasteiger partial charge >= 0.3 is 5.91 Å². The number of carbonyl (C=O) groups is 2. The number of hydrogen-bond acceptors (Lipinski definition) is 7. The first kappa shape index (κ1) is 20.9. The van der Waals surface area contributed by atoms with Crippen LogP contribution >= 0.6 is 11.3 Å². The number of amides is 2. The van der Waals surface area contributed by atoms with E-state index in [1.807, 2.05) is 0 Å². The zero-order chi connectivity index (χ0) is 21.3. The normalized spacial score (nSPS) is 26.6. The molecular weight excluding hydrogens is 404 g/mol. The molecule has 1 aromatic heterocycles. The fraction of sp³-hybridized carbons (Fsp3) is 0.571. The zero-order valence-corrected chi connectivity index (χ0v) is 17.6. The molecule has 1 aromatic rings. The first-order valence-electron chi connectivity index (χ1n) is 10.5. The standard InChI is InChI=1S/C21H26N4O4S/c22-13-24-12-21(11-18(24)26)8-6-15(7-9-21)25(29)16-10-17(14-4-2-1-3-5-14)30-19(16)20(27)23-28/h4,10,13,15,22,29H,1-3,5-9,11-12H2. The summed E-state index contributed by atoms with van der Waals surface area (Å²) >= 11 is 1.22. The van der Waals surface area contributed by atoms with E-state index >= 15 is 0 Å². The van der Waals surface area contributed by atoms with Gasteiger partial charge in [-0.1, -0.05) is 6.08 Å². The predicted octanol–water partition coefficient (Wildman–Crippen LogP) is 4.58. The van der Waals surface area contributed by atoms with Crippen LogP contribution < -0.4 is 5.06 Å². The summed E-state index contributed by atoms with van der Waals surface area (Å²) in [4.78, 5) is 37.7. The molecule has 3 aliphatic rings. The number of anilines is 1. The SMILES string of the molecule is N=CN1CC2(CCC(N(O)c3cc(C4=CCCCC4)sc3C(=O)N=O)CC2)CC1=O. The summed E-state index contributed by atoms with van der Waals surface area (Å²) < 4.78 is 0. The Labute approximate surface area is 179 Å². The summed E-state index contributed by atoms with van der Waals surface area (Å²) in [7, 11) is 0. The highest BCUT2D eigenvalue weighted by Gasteiger charge is 2.45. The lowest BCUT2D eigenvalue weighted by Gasteiger charge is -2.39. The molecule has 1 saturated heterocycles. The van der Waals surface area contributed by atoms with Crippen molar-refractivity contribution in [3.05, 3.63) is 26.8 Å². The van der Waals surface area contributed by atoms with Crippen LogP contribution in [0.3, 0.4) is 0 Å². The Bertz CT molecular complexity index is 901. The van der Waals surface area contributed by atoms with Crippen molar-refractivity contribution < 1.29 is 14.8 Å². The maximum atomic E-state index is 12.1. The molecule has 1 aliphatic heterocycles. The van der Waals surface area contributed by atoms with Gasteiger partial charge in [0, 0.05) is 23.0 Å². The fourth-order valence-electron chi connectivity index (χ4n) is 5.00. The quantitative estimate of drug-likeness (QED) is 0.307. The minimum absolute atomic E-state index is 0.0162. The van der Waals surface area contributed by atoms with E-state index in [0.29, 0.717) is 31.5 Å². The Kier molecular flexibility index (Phi) is 5.84. The number of carbonyl (C=O) groups excluding carboxylic acids is 2. The maximum Gasteiger partial charge on any atom is 0.328 e. The number of nitroso groups, excluding NO2 is 1. The highest BCUT2D eigenvalue weighted by Crippen LogP contribution is 2.46. The number of hydrogen-bond donors (Lipinski definition) is 2. The van der Waals surface area contributed by atoms with Gasteiger partial charge < -0.3 is 4.90 Å². The molecule has 30 heavy (non-hydrogen) atoms. The number of allylic oxidation sites excluding steroid dienone is 2. The number of nitrogens with zero attached hydrogens (tertiary/aromatic N) is 3. The minimum atomic E-state index is -0.855. The number of hydroxylamine groups is 1. The second-order valence-corrected chi connectivity index (χ2v) is 9.65. The van der Waals surface area contributed by atoms with Crippen molar-refractivity contribution >= 4 is 40.8 Å². The number of rotatable bonds is 5. The topological polar surface area (TPSA) is 114 Å². The number of likely N-dealkylation sites (tertiary alicyclic amines) is 1. The summed E-state index contributed by atoms with van der Waals surface area (Å²) in [5.74, 6) is -0.871. The Morgan fingerprint density at radius 2 is 2.13 bits per heavy atom. The fourth-order valence-corrected chi connectivity index (χ4v) is 6.09. The van der Waals surface area contributed by atoms with Gasteiger partial charge in [-0.3, -0.25) is 25.3 Å². The van der Waals surface area contributed by atoms with Gasteiger partial charge in [-0.2, -0.15) is 0 Å². The Morgan fingerprint density at radius 1 is 1.37 bits per heavy atom. The molecule has 0 radical (unpaired) electrons. The van der Waals surface area contributed by atoms with Gasteiger partial charge in [0.05, 0.1) is 18.1 Å². The smallest absolute Gasteiger partial charge is 0.303 e. The summed E-state index contributed by atoms with van der Waals surface area (Å²) in [5.41, 5.74) is 1.38. The average molecular weight is 431 g/mol. The third kappa shape index (κ3) is 3.83. The molecule has 2 aliphatic carbocycles. The van der Waals surface area contributed by atoms with Gasteiger partial charge in [-0.15, -0.1) is 16.2 Å². The second kappa shape index (κ2) is 8.39. The lowest BCUT2D eigenvalue weighted by molar-refractivity contribution is -0.124. The van der Waals surface area contributed by atoms with Gasteiger partial charge in [-0.05, 0) is 68.4 Å². The van der Waals surface area contributed by atoms with Crippen LogP contribution in [0.2, 0.25) is 0 Å². The molecule has 2 amide bonds. The lowest BCUT2D eigenvalue weighted by Crippen LogP contribution is -2.40. The van der Waals surface area contributed by atoms with Crippen LogP contribution in [0.1, 0.15) is 72.3 Å². The van der Waals surface area contributed by atoms with Crippen molar-refractivity contribution in [3.8, 4) is 0 Å². The summed E-state index contributed by atoms with van der Waals surface area (Å²) in [6.45, 7) is 0.559. The number of thiophene rings is 1. The van der Waals surface area contributed by atoms with E-state index in [1.54, 1.807) is 6.07 Å². The monoisotopic (exact) mass is 430 g/mol. The van der Waals surface area contributed by atoms with E-state index in [2.05, 4.69) is 11.3 Å². The second-order valence-electron chi connectivity index (χ2n) is 8.60. The molecule has 1 saturated carbocycles. The van der Waals surface area contributed by atoms with Crippen LogP contribution in [0.25, 0.3) is 5.57 Å². The maximum absolute atomic E-state index is 12.1. The Hall–Kier alpha value is -2.39. The summed E-state index contributed by atoms with van der Waals surface area (Å²) in [5, 5.41) is 22.1. The third-order valence-corrected chi connectivity index (χ3v) is 7.90. The van der Waals surface area contributed by atoms with Crippen LogP contribution in [0.5, 0.6) is 0 Å². The van der Waals surface area contributed by atoms with Crippen LogP contribution in [0.4, 0.5) is 5.69 Å². The first-order valence-corrected chi connectivity index (χ1v) is 11.3. The molecule has 9 heteroatoms. The van der Waals surface area contributed by atoms with E-state index in [9.17, 15) is 19.7 Å². The van der Waals surface area contributed by atoms with E-state index in [4.69, 9.17) is 5.41 Å². The van der Waals surface area contributed by atoms with Gasteiger partial charge in [0.25, 0.3) is 0 Å². The van der Waals surface area contributed by atoms with Gasteiger partial charge in [-0.25, -0.2) is 0 Å². The molecule has 160 valence electrons. The van der Waals surface area contributed by atoms with Gasteiger partial charge in [0.15, 0.2) is 0 Å². The Morgan fingerprint density at radius 3 is 2.73 bits per heavy atom. The highest BCUT2D eigenvalue weighted by molar-refractivity contribution is 7.15. The highest BCUT2D eigenvalue weighted by atomic mass is 32.1. The van der Waals surface area contributed by atoms with Gasteiger partial charge in [0.1, 0.15) is 4.88 Å². The molecule has 2 heterocycles. The van der Waals surface area contributed by atoms with Crippen molar-refractivity contribution in [3.63, 3.8) is 0 Å².